The standard InChI is InChI=1S/C15H21ClS/c16-12-14(13-6-4-5-7-13)10-11-17-15-8-2-1-3-9-15/h1-3,8-9,13-14H,4-7,10-12H2. The number of hydrogen-bond acceptors (Lipinski definition) is 1. The van der Waals surface area contributed by atoms with Crippen molar-refractivity contribution in [2.24, 2.45) is 11.8 Å². The van der Waals surface area contributed by atoms with Crippen LogP contribution < -0.4 is 0 Å². The summed E-state index contributed by atoms with van der Waals surface area (Å²) in [4.78, 5) is 1.38. The van der Waals surface area contributed by atoms with E-state index in [1.165, 1.54) is 42.8 Å². The van der Waals surface area contributed by atoms with Crippen molar-refractivity contribution < 1.29 is 0 Å². The molecule has 1 fully saturated rings. The summed E-state index contributed by atoms with van der Waals surface area (Å²) in [5, 5.41) is 0. The molecule has 1 aromatic carbocycles. The summed E-state index contributed by atoms with van der Waals surface area (Å²) in [5.74, 6) is 3.71. The molecule has 1 atom stereocenters. The molecule has 1 saturated carbocycles. The van der Waals surface area contributed by atoms with Crippen molar-refractivity contribution in [3.63, 3.8) is 0 Å². The summed E-state index contributed by atoms with van der Waals surface area (Å²) >= 11 is 8.08. The van der Waals surface area contributed by atoms with Crippen LogP contribution in [0.3, 0.4) is 0 Å². The van der Waals surface area contributed by atoms with Crippen LogP contribution in [-0.4, -0.2) is 11.6 Å². The van der Waals surface area contributed by atoms with Gasteiger partial charge in [-0.25, -0.2) is 0 Å². The number of halogens is 1. The molecule has 0 aliphatic heterocycles. The second kappa shape index (κ2) is 7.33. The minimum absolute atomic E-state index is 0.746. The first kappa shape index (κ1) is 13.3. The predicted octanol–water partition coefficient (Wildman–Crippen LogP) is 5.21. The highest BCUT2D eigenvalue weighted by molar-refractivity contribution is 7.99. The van der Waals surface area contributed by atoms with Gasteiger partial charge in [0.1, 0.15) is 0 Å². The lowest BCUT2D eigenvalue weighted by Crippen LogP contribution is -2.14. The molecular weight excluding hydrogens is 248 g/mol. The zero-order valence-corrected chi connectivity index (χ0v) is 11.8. The van der Waals surface area contributed by atoms with E-state index < -0.39 is 0 Å². The lowest BCUT2D eigenvalue weighted by atomic mass is 9.90. The molecule has 94 valence electrons. The van der Waals surface area contributed by atoms with Crippen molar-refractivity contribution in [3.05, 3.63) is 30.3 Å². The van der Waals surface area contributed by atoms with E-state index in [4.69, 9.17) is 11.6 Å². The van der Waals surface area contributed by atoms with Crippen LogP contribution >= 0.6 is 23.4 Å². The van der Waals surface area contributed by atoms with Gasteiger partial charge in [0, 0.05) is 10.8 Å². The topological polar surface area (TPSA) is 0 Å². The predicted molar refractivity (Wildman–Crippen MR) is 78.0 cm³/mol. The van der Waals surface area contributed by atoms with E-state index in [0.29, 0.717) is 0 Å². The van der Waals surface area contributed by atoms with Gasteiger partial charge in [-0.1, -0.05) is 43.9 Å². The fourth-order valence-electron chi connectivity index (χ4n) is 2.71. The fraction of sp³-hybridized carbons (Fsp3) is 0.600. The SMILES string of the molecule is ClCC(CCSc1ccccc1)C1CCCC1. The van der Waals surface area contributed by atoms with Crippen LogP contribution in [-0.2, 0) is 0 Å². The van der Waals surface area contributed by atoms with Crippen molar-refractivity contribution in [2.45, 2.75) is 37.0 Å². The average Bonchev–Trinajstić information content (AvgIpc) is 2.90. The Morgan fingerprint density at radius 2 is 1.88 bits per heavy atom. The van der Waals surface area contributed by atoms with Crippen LogP contribution in [0.2, 0.25) is 0 Å². The van der Waals surface area contributed by atoms with Crippen molar-refractivity contribution >= 4 is 23.4 Å². The maximum atomic E-state index is 6.12. The molecule has 0 nitrogen and oxygen atoms in total. The minimum atomic E-state index is 0.746. The van der Waals surface area contributed by atoms with Gasteiger partial charge in [0.25, 0.3) is 0 Å². The molecule has 1 aromatic rings. The number of thioether (sulfide) groups is 1. The van der Waals surface area contributed by atoms with Gasteiger partial charge in [0.2, 0.25) is 0 Å². The zero-order chi connectivity index (χ0) is 11.9. The maximum Gasteiger partial charge on any atom is 0.0254 e. The number of alkyl halides is 1. The summed E-state index contributed by atoms with van der Waals surface area (Å²) < 4.78 is 0. The molecule has 0 radical (unpaired) electrons. The van der Waals surface area contributed by atoms with Crippen LogP contribution in [0.25, 0.3) is 0 Å². The van der Waals surface area contributed by atoms with E-state index in [2.05, 4.69) is 30.3 Å². The van der Waals surface area contributed by atoms with E-state index >= 15 is 0 Å². The lowest BCUT2D eigenvalue weighted by Gasteiger charge is -2.20. The highest BCUT2D eigenvalue weighted by Gasteiger charge is 2.23. The number of rotatable bonds is 6. The van der Waals surface area contributed by atoms with Gasteiger partial charge in [0.05, 0.1) is 0 Å². The molecule has 0 bridgehead atoms. The van der Waals surface area contributed by atoms with Crippen LogP contribution in [0.1, 0.15) is 32.1 Å². The molecule has 1 aliphatic rings. The first-order chi connectivity index (χ1) is 8.40. The quantitative estimate of drug-likeness (QED) is 0.504. The molecule has 0 heterocycles. The Morgan fingerprint density at radius 1 is 1.18 bits per heavy atom. The second-order valence-corrected chi connectivity index (χ2v) is 6.39. The summed E-state index contributed by atoms with van der Waals surface area (Å²) in [6.07, 6.45) is 6.93. The van der Waals surface area contributed by atoms with E-state index in [0.717, 1.165) is 17.7 Å². The van der Waals surface area contributed by atoms with Gasteiger partial charge >= 0.3 is 0 Å². The highest BCUT2D eigenvalue weighted by Crippen LogP contribution is 2.35. The van der Waals surface area contributed by atoms with Gasteiger partial charge in [-0.05, 0) is 36.1 Å². The highest BCUT2D eigenvalue weighted by atomic mass is 35.5. The van der Waals surface area contributed by atoms with E-state index in [1.807, 2.05) is 11.8 Å². The Morgan fingerprint density at radius 3 is 2.53 bits per heavy atom. The first-order valence-electron chi connectivity index (χ1n) is 6.64. The molecule has 0 saturated heterocycles. The Labute approximate surface area is 114 Å². The third-order valence-corrected chi connectivity index (χ3v) is 5.21. The van der Waals surface area contributed by atoms with Crippen LogP contribution in [0.15, 0.2) is 35.2 Å². The third-order valence-electron chi connectivity index (χ3n) is 3.77. The molecule has 0 aromatic heterocycles. The monoisotopic (exact) mass is 268 g/mol. The van der Waals surface area contributed by atoms with Gasteiger partial charge in [-0.3, -0.25) is 0 Å². The van der Waals surface area contributed by atoms with Gasteiger partial charge in [-0.2, -0.15) is 0 Å². The smallest absolute Gasteiger partial charge is 0.0254 e. The fourth-order valence-corrected chi connectivity index (χ4v) is 4.12. The Bertz CT molecular complexity index is 306. The zero-order valence-electron chi connectivity index (χ0n) is 10.3. The Balaban J connectivity index is 1.72. The van der Waals surface area contributed by atoms with Gasteiger partial charge in [0.15, 0.2) is 0 Å². The molecule has 1 unspecified atom stereocenters. The molecule has 17 heavy (non-hydrogen) atoms. The average molecular weight is 269 g/mol. The van der Waals surface area contributed by atoms with Crippen molar-refractivity contribution in [3.8, 4) is 0 Å². The lowest BCUT2D eigenvalue weighted by molar-refractivity contribution is 0.363. The van der Waals surface area contributed by atoms with Crippen LogP contribution in [0.5, 0.6) is 0 Å². The summed E-state index contributed by atoms with van der Waals surface area (Å²) in [6.45, 7) is 0. The van der Waals surface area contributed by atoms with Crippen molar-refractivity contribution in [1.82, 2.24) is 0 Å². The summed E-state index contributed by atoms with van der Waals surface area (Å²) in [6, 6.07) is 10.7. The second-order valence-electron chi connectivity index (χ2n) is 4.91. The van der Waals surface area contributed by atoms with E-state index in [-0.39, 0.29) is 0 Å². The Kier molecular flexibility index (Phi) is 5.73. The van der Waals surface area contributed by atoms with Gasteiger partial charge in [-0.15, -0.1) is 23.4 Å². The van der Waals surface area contributed by atoms with Crippen molar-refractivity contribution in [2.75, 3.05) is 11.6 Å². The molecule has 2 rings (SSSR count). The maximum absolute atomic E-state index is 6.12. The molecule has 0 spiro atoms. The molecular formula is C15H21ClS. The Hall–Kier alpha value is -0.140. The third kappa shape index (κ3) is 4.22. The van der Waals surface area contributed by atoms with Crippen LogP contribution in [0.4, 0.5) is 0 Å². The normalized spacial score (nSPS) is 18.4. The first-order valence-corrected chi connectivity index (χ1v) is 8.16. The van der Waals surface area contributed by atoms with Crippen LogP contribution in [0, 0.1) is 11.8 Å². The van der Waals surface area contributed by atoms with E-state index in [1.54, 1.807) is 0 Å². The van der Waals surface area contributed by atoms with E-state index in [9.17, 15) is 0 Å². The minimum Gasteiger partial charge on any atom is -0.126 e. The number of benzene rings is 1. The molecule has 2 heteroatoms. The molecule has 0 amide bonds. The van der Waals surface area contributed by atoms with Crippen molar-refractivity contribution in [1.29, 1.82) is 0 Å². The number of hydrogen-bond donors (Lipinski definition) is 0. The molecule has 0 N–H and O–H groups in total. The molecule has 1 aliphatic carbocycles. The summed E-state index contributed by atoms with van der Waals surface area (Å²) in [7, 11) is 0. The largest absolute Gasteiger partial charge is 0.126 e. The van der Waals surface area contributed by atoms with Gasteiger partial charge < -0.3 is 0 Å². The summed E-state index contributed by atoms with van der Waals surface area (Å²) in [5.41, 5.74) is 0.